The quantitative estimate of drug-likeness (QED) is 0.162. The van der Waals surface area contributed by atoms with Crippen molar-refractivity contribution < 1.29 is 20.4 Å². The van der Waals surface area contributed by atoms with Gasteiger partial charge in [-0.15, -0.1) is 0 Å². The van der Waals surface area contributed by atoms with E-state index in [2.05, 4.69) is 44.2 Å². The molecule has 4 aromatic rings. The lowest BCUT2D eigenvalue weighted by molar-refractivity contribution is 0.384. The average molecular weight is 565 g/mol. The number of aromatic nitrogens is 2. The second kappa shape index (κ2) is 12.3. The Hall–Kier alpha value is -4.32. The zero-order valence-electron chi connectivity index (χ0n) is 24.9. The van der Waals surface area contributed by atoms with E-state index in [-0.39, 0.29) is 28.8 Å². The lowest BCUT2D eigenvalue weighted by Gasteiger charge is -2.29. The number of fused-ring (bicyclic) bond motifs is 1. The van der Waals surface area contributed by atoms with Crippen molar-refractivity contribution in [3.63, 3.8) is 0 Å². The highest BCUT2D eigenvalue weighted by Crippen LogP contribution is 2.44. The standard InChI is InChI=1S/C36H40N2O4/c1-5-7-10-23(6-2)19-24-13-14-27(26-12-9-8-11-25(24)26)30-20-31(28-15-17-32(39)21(3)34(28)41)38-36(37-30)29-16-18-33(40)22(4)35(29)42/h8-9,11-12,14-18,20,23-24,39-42H,5-7,10,13,19H2,1-4H3. The summed E-state index contributed by atoms with van der Waals surface area (Å²) in [6.45, 7) is 7.83. The van der Waals surface area contributed by atoms with Gasteiger partial charge in [0.05, 0.1) is 17.0 Å². The summed E-state index contributed by atoms with van der Waals surface area (Å²) in [5, 5.41) is 42.2. The normalized spacial score (nSPS) is 15.2. The number of phenolic OH excluding ortho intramolecular Hbond substituents is 4. The zero-order chi connectivity index (χ0) is 30.0. The molecule has 1 aliphatic carbocycles. The Labute approximate surface area is 248 Å². The first-order chi connectivity index (χ1) is 20.2. The van der Waals surface area contributed by atoms with Crippen LogP contribution in [0, 0.1) is 19.8 Å². The van der Waals surface area contributed by atoms with Crippen molar-refractivity contribution >= 4 is 5.57 Å². The van der Waals surface area contributed by atoms with Crippen molar-refractivity contribution in [1.82, 2.24) is 9.97 Å². The van der Waals surface area contributed by atoms with Gasteiger partial charge in [0.2, 0.25) is 0 Å². The van der Waals surface area contributed by atoms with E-state index in [0.717, 1.165) is 24.0 Å². The molecule has 0 saturated carbocycles. The topological polar surface area (TPSA) is 107 Å². The van der Waals surface area contributed by atoms with Crippen LogP contribution in [0.5, 0.6) is 23.0 Å². The molecule has 0 saturated heterocycles. The molecule has 5 rings (SSSR count). The Morgan fingerprint density at radius 3 is 2.12 bits per heavy atom. The minimum absolute atomic E-state index is 0.00293. The van der Waals surface area contributed by atoms with Crippen LogP contribution in [0.2, 0.25) is 0 Å². The van der Waals surface area contributed by atoms with E-state index in [4.69, 9.17) is 9.97 Å². The first-order valence-electron chi connectivity index (χ1n) is 15.0. The molecule has 2 unspecified atom stereocenters. The van der Waals surface area contributed by atoms with Crippen LogP contribution >= 0.6 is 0 Å². The number of aromatic hydroxyl groups is 4. The van der Waals surface area contributed by atoms with Gasteiger partial charge in [0.25, 0.3) is 0 Å². The molecule has 0 radical (unpaired) electrons. The smallest absolute Gasteiger partial charge is 0.164 e. The van der Waals surface area contributed by atoms with Gasteiger partial charge < -0.3 is 20.4 Å². The van der Waals surface area contributed by atoms with Gasteiger partial charge in [-0.2, -0.15) is 0 Å². The summed E-state index contributed by atoms with van der Waals surface area (Å²) in [5.74, 6) is 1.22. The second-order valence-corrected chi connectivity index (χ2v) is 11.5. The summed E-state index contributed by atoms with van der Waals surface area (Å²) in [4.78, 5) is 9.70. The van der Waals surface area contributed by atoms with Gasteiger partial charge in [0.15, 0.2) is 5.82 Å². The molecule has 0 bridgehead atoms. The number of hydrogen-bond acceptors (Lipinski definition) is 6. The van der Waals surface area contributed by atoms with Crippen molar-refractivity contribution in [3.8, 4) is 45.6 Å². The van der Waals surface area contributed by atoms with Crippen molar-refractivity contribution in [2.45, 2.75) is 72.1 Å². The summed E-state index contributed by atoms with van der Waals surface area (Å²) in [5.41, 5.74) is 6.10. The first-order valence-corrected chi connectivity index (χ1v) is 15.0. The summed E-state index contributed by atoms with van der Waals surface area (Å²) in [6.07, 6.45) is 9.22. The summed E-state index contributed by atoms with van der Waals surface area (Å²) in [6, 6.07) is 16.7. The highest BCUT2D eigenvalue weighted by molar-refractivity contribution is 5.85. The van der Waals surface area contributed by atoms with Crippen LogP contribution < -0.4 is 0 Å². The molecule has 0 spiro atoms. The van der Waals surface area contributed by atoms with Gasteiger partial charge in [-0.3, -0.25) is 0 Å². The predicted molar refractivity (Wildman–Crippen MR) is 168 cm³/mol. The third-order valence-electron chi connectivity index (χ3n) is 8.78. The van der Waals surface area contributed by atoms with Gasteiger partial charge in [0.1, 0.15) is 23.0 Å². The Morgan fingerprint density at radius 1 is 0.786 bits per heavy atom. The van der Waals surface area contributed by atoms with Gasteiger partial charge in [-0.1, -0.05) is 69.9 Å². The first kappa shape index (κ1) is 29.2. The summed E-state index contributed by atoms with van der Waals surface area (Å²) >= 11 is 0. The Kier molecular flexibility index (Phi) is 8.53. The SMILES string of the molecule is CCCCC(CC)CC1CC=C(c2cc(-c3ccc(O)c(C)c3O)nc(-c3ccc(O)c(C)c3O)n2)c2ccccc21. The molecular weight excluding hydrogens is 524 g/mol. The Morgan fingerprint density at radius 2 is 1.43 bits per heavy atom. The van der Waals surface area contributed by atoms with Crippen LogP contribution in [-0.2, 0) is 0 Å². The minimum atomic E-state index is -0.0972. The maximum atomic E-state index is 11.0. The van der Waals surface area contributed by atoms with E-state index in [9.17, 15) is 20.4 Å². The monoisotopic (exact) mass is 564 g/mol. The molecule has 1 heterocycles. The molecule has 6 nitrogen and oxygen atoms in total. The average Bonchev–Trinajstić information content (AvgIpc) is 3.00. The molecule has 218 valence electrons. The number of benzene rings is 3. The van der Waals surface area contributed by atoms with E-state index in [0.29, 0.717) is 45.5 Å². The van der Waals surface area contributed by atoms with E-state index < -0.39 is 0 Å². The van der Waals surface area contributed by atoms with E-state index in [1.165, 1.54) is 43.4 Å². The molecule has 1 aromatic heterocycles. The lowest BCUT2D eigenvalue weighted by Crippen LogP contribution is -2.13. The third-order valence-corrected chi connectivity index (χ3v) is 8.78. The Bertz CT molecular complexity index is 1570. The van der Waals surface area contributed by atoms with Crippen LogP contribution in [0.3, 0.4) is 0 Å². The van der Waals surface area contributed by atoms with Crippen LogP contribution in [0.1, 0.15) is 86.2 Å². The van der Waals surface area contributed by atoms with Gasteiger partial charge in [-0.25, -0.2) is 9.97 Å². The fraction of sp³-hybridized carbons (Fsp3) is 0.333. The van der Waals surface area contributed by atoms with E-state index in [1.807, 2.05) is 6.07 Å². The fourth-order valence-corrected chi connectivity index (χ4v) is 6.05. The highest BCUT2D eigenvalue weighted by atomic mass is 16.3. The molecule has 0 fully saturated rings. The van der Waals surface area contributed by atoms with Crippen LogP contribution in [0.25, 0.3) is 28.2 Å². The number of hydrogen-bond donors (Lipinski definition) is 4. The summed E-state index contributed by atoms with van der Waals surface area (Å²) < 4.78 is 0. The molecule has 2 atom stereocenters. The maximum absolute atomic E-state index is 11.0. The molecular formula is C36H40N2O4. The van der Waals surface area contributed by atoms with Crippen molar-refractivity contribution in [2.24, 2.45) is 5.92 Å². The number of phenols is 4. The third kappa shape index (κ3) is 5.58. The van der Waals surface area contributed by atoms with E-state index in [1.54, 1.807) is 26.0 Å². The second-order valence-electron chi connectivity index (χ2n) is 11.5. The fourth-order valence-electron chi connectivity index (χ4n) is 6.05. The maximum Gasteiger partial charge on any atom is 0.164 e. The van der Waals surface area contributed by atoms with Crippen molar-refractivity contribution in [2.75, 3.05) is 0 Å². The molecule has 0 aliphatic heterocycles. The lowest BCUT2D eigenvalue weighted by atomic mass is 9.76. The van der Waals surface area contributed by atoms with Crippen LogP contribution in [-0.4, -0.2) is 30.4 Å². The van der Waals surface area contributed by atoms with Gasteiger partial charge in [0, 0.05) is 22.3 Å². The van der Waals surface area contributed by atoms with E-state index >= 15 is 0 Å². The number of allylic oxidation sites excluding steroid dienone is 1. The Balaban J connectivity index is 1.65. The number of unbranched alkanes of at least 4 members (excludes halogenated alkanes) is 1. The highest BCUT2D eigenvalue weighted by Gasteiger charge is 2.26. The van der Waals surface area contributed by atoms with Gasteiger partial charge >= 0.3 is 0 Å². The molecule has 4 N–H and O–H groups in total. The van der Waals surface area contributed by atoms with Crippen molar-refractivity contribution in [1.29, 1.82) is 0 Å². The van der Waals surface area contributed by atoms with Crippen LogP contribution in [0.4, 0.5) is 0 Å². The molecule has 6 heteroatoms. The number of rotatable bonds is 9. The van der Waals surface area contributed by atoms with Gasteiger partial charge in [-0.05, 0) is 80.0 Å². The molecule has 42 heavy (non-hydrogen) atoms. The molecule has 0 amide bonds. The van der Waals surface area contributed by atoms with Crippen molar-refractivity contribution in [3.05, 3.63) is 88.6 Å². The predicted octanol–water partition coefficient (Wildman–Crippen LogP) is 8.78. The molecule has 1 aliphatic rings. The molecule has 3 aromatic carbocycles. The van der Waals surface area contributed by atoms with Crippen LogP contribution in [0.15, 0.2) is 60.7 Å². The summed E-state index contributed by atoms with van der Waals surface area (Å²) in [7, 11) is 0. The number of nitrogens with zero attached hydrogens (tertiary/aromatic N) is 2. The minimum Gasteiger partial charge on any atom is -0.508 e. The zero-order valence-corrected chi connectivity index (χ0v) is 24.9. The largest absolute Gasteiger partial charge is 0.508 e.